The molecule has 5 nitrogen and oxygen atoms in total. The average Bonchev–Trinajstić information content (AvgIpc) is 3.22. The first-order valence-corrected chi connectivity index (χ1v) is 11.3. The lowest BCUT2D eigenvalue weighted by Gasteiger charge is -2.35. The number of carboxylic acid groups (broad SMARTS) is 1. The molecule has 2 aliphatic rings. The molecule has 0 radical (unpaired) electrons. The summed E-state index contributed by atoms with van der Waals surface area (Å²) in [5, 5.41) is 10.0. The Morgan fingerprint density at radius 2 is 1.72 bits per heavy atom. The van der Waals surface area contributed by atoms with Crippen molar-refractivity contribution in [1.29, 1.82) is 0 Å². The number of anilines is 1. The molecule has 32 heavy (non-hydrogen) atoms. The molecular weight excluding hydrogens is 400 g/mol. The molecule has 3 aromatic rings. The molecule has 1 unspecified atom stereocenters. The normalized spacial score (nSPS) is 17.6. The van der Waals surface area contributed by atoms with Gasteiger partial charge in [-0.15, -0.1) is 0 Å². The van der Waals surface area contributed by atoms with Gasteiger partial charge in [-0.3, -0.25) is 9.69 Å². The minimum Gasteiger partial charge on any atom is -0.492 e. The molecule has 164 valence electrons. The Labute approximate surface area is 188 Å². The Balaban J connectivity index is 1.28. The van der Waals surface area contributed by atoms with Crippen molar-refractivity contribution in [3.05, 3.63) is 95.1 Å². The second kappa shape index (κ2) is 9.05. The van der Waals surface area contributed by atoms with Gasteiger partial charge in [-0.1, -0.05) is 54.6 Å². The lowest BCUT2D eigenvalue weighted by molar-refractivity contribution is -0.144. The molecule has 0 aromatic heterocycles. The Bertz CT molecular complexity index is 1100. The molecule has 0 saturated heterocycles. The summed E-state index contributed by atoms with van der Waals surface area (Å²) in [6, 6.07) is 23.9. The summed E-state index contributed by atoms with van der Waals surface area (Å²) >= 11 is 0. The summed E-state index contributed by atoms with van der Waals surface area (Å²) in [7, 11) is 0. The number of rotatable bonds is 7. The average molecular weight is 429 g/mol. The smallest absolute Gasteiger partial charge is 0.325 e. The topological polar surface area (TPSA) is 53.0 Å². The fourth-order valence-corrected chi connectivity index (χ4v) is 4.92. The van der Waals surface area contributed by atoms with E-state index in [1.54, 1.807) is 0 Å². The number of hydrogen-bond donors (Lipinski definition) is 1. The third kappa shape index (κ3) is 4.21. The van der Waals surface area contributed by atoms with Crippen molar-refractivity contribution in [2.45, 2.75) is 25.4 Å². The first-order chi connectivity index (χ1) is 15.7. The van der Waals surface area contributed by atoms with Crippen molar-refractivity contribution in [3.63, 3.8) is 0 Å². The van der Waals surface area contributed by atoms with Crippen molar-refractivity contribution in [3.8, 4) is 5.75 Å². The molecule has 5 rings (SSSR count). The minimum absolute atomic E-state index is 0.568. The van der Waals surface area contributed by atoms with Crippen LogP contribution in [0.3, 0.4) is 0 Å². The summed E-state index contributed by atoms with van der Waals surface area (Å²) in [4.78, 5) is 16.6. The van der Waals surface area contributed by atoms with E-state index in [0.29, 0.717) is 13.2 Å². The third-order valence-electron chi connectivity index (χ3n) is 6.52. The van der Waals surface area contributed by atoms with Crippen LogP contribution in [-0.4, -0.2) is 42.2 Å². The van der Waals surface area contributed by atoms with Crippen LogP contribution in [0.25, 0.3) is 0 Å². The molecule has 0 aliphatic carbocycles. The molecule has 0 fully saturated rings. The molecule has 1 atom stereocenters. The Morgan fingerprint density at radius 1 is 0.938 bits per heavy atom. The molecule has 0 spiro atoms. The third-order valence-corrected chi connectivity index (χ3v) is 6.52. The molecule has 3 aromatic carbocycles. The number of nitrogens with zero attached hydrogens (tertiary/aromatic N) is 2. The van der Waals surface area contributed by atoms with Gasteiger partial charge >= 0.3 is 5.97 Å². The highest BCUT2D eigenvalue weighted by atomic mass is 16.5. The summed E-state index contributed by atoms with van der Waals surface area (Å²) in [6.07, 6.45) is 1.92. The van der Waals surface area contributed by atoms with Crippen molar-refractivity contribution >= 4 is 11.7 Å². The van der Waals surface area contributed by atoms with Crippen LogP contribution in [-0.2, 0) is 24.2 Å². The summed E-state index contributed by atoms with van der Waals surface area (Å²) in [5.74, 6) is -0.0725. The predicted octanol–water partition coefficient (Wildman–Crippen LogP) is 4.31. The first kappa shape index (κ1) is 20.6. The van der Waals surface area contributed by atoms with E-state index in [1.807, 2.05) is 53.4 Å². The lowest BCUT2D eigenvalue weighted by atomic mass is 9.92. The van der Waals surface area contributed by atoms with E-state index in [4.69, 9.17) is 4.74 Å². The van der Waals surface area contributed by atoms with Crippen LogP contribution in [0.15, 0.2) is 72.8 Å². The van der Waals surface area contributed by atoms with Crippen LogP contribution < -0.4 is 9.64 Å². The number of hydrogen-bond acceptors (Lipinski definition) is 4. The van der Waals surface area contributed by atoms with Crippen molar-refractivity contribution in [2.75, 3.05) is 31.1 Å². The number of benzene rings is 3. The zero-order valence-electron chi connectivity index (χ0n) is 18.1. The van der Waals surface area contributed by atoms with E-state index in [9.17, 15) is 9.90 Å². The second-order valence-corrected chi connectivity index (χ2v) is 8.52. The summed E-state index contributed by atoms with van der Waals surface area (Å²) in [6.45, 7) is 3.75. The van der Waals surface area contributed by atoms with Crippen LogP contribution >= 0.6 is 0 Å². The van der Waals surface area contributed by atoms with Crippen molar-refractivity contribution < 1.29 is 14.6 Å². The van der Waals surface area contributed by atoms with E-state index in [-0.39, 0.29) is 0 Å². The van der Waals surface area contributed by atoms with Gasteiger partial charge in [0.25, 0.3) is 0 Å². The maximum absolute atomic E-state index is 12.2. The highest BCUT2D eigenvalue weighted by molar-refractivity contribution is 5.77. The molecule has 0 saturated carbocycles. The Kier molecular flexibility index (Phi) is 5.82. The SMILES string of the molecule is O=C(O)C1c2cc(OCCN3CCc4ccccc43)ccc2CCN1Cc1ccccc1. The van der Waals surface area contributed by atoms with Crippen LogP contribution in [0.1, 0.15) is 28.3 Å². The first-order valence-electron chi connectivity index (χ1n) is 11.3. The molecule has 0 amide bonds. The lowest BCUT2D eigenvalue weighted by Crippen LogP contribution is -2.39. The van der Waals surface area contributed by atoms with Crippen molar-refractivity contribution in [2.24, 2.45) is 0 Å². The monoisotopic (exact) mass is 428 g/mol. The summed E-state index contributed by atoms with van der Waals surface area (Å²) < 4.78 is 6.08. The Hall–Kier alpha value is -3.31. The summed E-state index contributed by atoms with van der Waals surface area (Å²) in [5.41, 5.74) is 5.76. The number of carbonyl (C=O) groups is 1. The van der Waals surface area contributed by atoms with Gasteiger partial charge in [0.05, 0.1) is 6.54 Å². The van der Waals surface area contributed by atoms with Gasteiger partial charge in [-0.2, -0.15) is 0 Å². The molecule has 0 bridgehead atoms. The van der Waals surface area contributed by atoms with Crippen LogP contribution in [0, 0.1) is 0 Å². The standard InChI is InChI=1S/C27H28N2O3/c30-27(31)26-24-18-23(32-17-16-28-14-13-22-8-4-5-9-25(22)28)11-10-21(24)12-15-29(26)19-20-6-2-1-3-7-20/h1-11,18,26H,12-17,19H2,(H,30,31). The minimum atomic E-state index is -0.812. The molecule has 5 heteroatoms. The van der Waals surface area contributed by atoms with E-state index in [0.717, 1.165) is 54.9 Å². The van der Waals surface area contributed by atoms with Crippen molar-refractivity contribution in [1.82, 2.24) is 4.90 Å². The largest absolute Gasteiger partial charge is 0.492 e. The van der Waals surface area contributed by atoms with Gasteiger partial charge in [0.2, 0.25) is 0 Å². The van der Waals surface area contributed by atoms with E-state index in [2.05, 4.69) is 29.2 Å². The second-order valence-electron chi connectivity index (χ2n) is 8.52. The van der Waals surface area contributed by atoms with Gasteiger partial charge in [-0.05, 0) is 53.3 Å². The van der Waals surface area contributed by atoms with Crippen LogP contribution in [0.2, 0.25) is 0 Å². The van der Waals surface area contributed by atoms with Crippen LogP contribution in [0.4, 0.5) is 5.69 Å². The van der Waals surface area contributed by atoms with Gasteiger partial charge in [0.15, 0.2) is 0 Å². The maximum atomic E-state index is 12.2. The van der Waals surface area contributed by atoms with E-state index < -0.39 is 12.0 Å². The predicted molar refractivity (Wildman–Crippen MR) is 125 cm³/mol. The zero-order chi connectivity index (χ0) is 21.9. The number of ether oxygens (including phenoxy) is 1. The van der Waals surface area contributed by atoms with Gasteiger partial charge < -0.3 is 14.7 Å². The number of fused-ring (bicyclic) bond motifs is 2. The zero-order valence-corrected chi connectivity index (χ0v) is 18.1. The number of para-hydroxylation sites is 1. The van der Waals surface area contributed by atoms with Gasteiger partial charge in [0.1, 0.15) is 18.4 Å². The fourth-order valence-electron chi connectivity index (χ4n) is 4.92. The van der Waals surface area contributed by atoms with Gasteiger partial charge in [0, 0.05) is 25.3 Å². The highest BCUT2D eigenvalue weighted by Gasteiger charge is 2.33. The highest BCUT2D eigenvalue weighted by Crippen LogP contribution is 2.34. The van der Waals surface area contributed by atoms with E-state index >= 15 is 0 Å². The van der Waals surface area contributed by atoms with Gasteiger partial charge in [-0.25, -0.2) is 0 Å². The molecular formula is C27H28N2O3. The molecule has 2 heterocycles. The molecule has 2 aliphatic heterocycles. The van der Waals surface area contributed by atoms with Crippen LogP contribution in [0.5, 0.6) is 5.75 Å². The molecule has 1 N–H and O–H groups in total. The number of aliphatic carboxylic acids is 1. The quantitative estimate of drug-likeness (QED) is 0.608. The number of carboxylic acids is 1. The fraction of sp³-hybridized carbons (Fsp3) is 0.296. The maximum Gasteiger partial charge on any atom is 0.325 e. The van der Waals surface area contributed by atoms with E-state index in [1.165, 1.54) is 11.3 Å². The Morgan fingerprint density at radius 3 is 2.56 bits per heavy atom.